The van der Waals surface area contributed by atoms with Crippen LogP contribution in [0.25, 0.3) is 0 Å². The van der Waals surface area contributed by atoms with Gasteiger partial charge in [0.2, 0.25) is 0 Å². The van der Waals surface area contributed by atoms with Gasteiger partial charge in [0.15, 0.2) is 5.69 Å². The number of nitrogens with two attached hydrogens (primary N) is 1. The van der Waals surface area contributed by atoms with E-state index in [9.17, 15) is 0 Å². The van der Waals surface area contributed by atoms with Crippen molar-refractivity contribution in [2.45, 2.75) is 19.4 Å². The number of hydrogen-bond donors (Lipinski definition) is 1. The van der Waals surface area contributed by atoms with Gasteiger partial charge in [-0.25, -0.2) is 4.98 Å². The topological polar surface area (TPSA) is 84.8 Å². The van der Waals surface area contributed by atoms with Crippen molar-refractivity contribution in [3.63, 3.8) is 0 Å². The molecule has 0 bridgehead atoms. The van der Waals surface area contributed by atoms with Gasteiger partial charge in [-0.05, 0) is 13.8 Å². The summed E-state index contributed by atoms with van der Waals surface area (Å²) < 4.78 is 5.21. The fourth-order valence-corrected chi connectivity index (χ4v) is 1.02. The molecular weight excluding hydrogens is 180 g/mol. The number of ether oxygens (including phenoxy) is 1. The molecule has 0 aliphatic heterocycles. The Morgan fingerprint density at radius 2 is 2.21 bits per heavy atom. The Hall–Kier alpha value is -1.67. The minimum absolute atomic E-state index is 0.205. The molecule has 0 saturated heterocycles. The van der Waals surface area contributed by atoms with Gasteiger partial charge in [0.1, 0.15) is 23.2 Å². The maximum absolute atomic E-state index is 8.84. The highest BCUT2D eigenvalue weighted by molar-refractivity contribution is 5.36. The normalized spacial score (nSPS) is 11.0. The first-order valence-electron chi connectivity index (χ1n) is 4.09. The summed E-state index contributed by atoms with van der Waals surface area (Å²) in [6, 6.07) is 1.94. The summed E-state index contributed by atoms with van der Waals surface area (Å²) in [5.41, 5.74) is 5.49. The van der Waals surface area contributed by atoms with E-state index in [0.717, 1.165) is 0 Å². The highest BCUT2D eigenvalue weighted by atomic mass is 16.5. The molecule has 0 aromatic carbocycles. The molecule has 1 aromatic rings. The maximum Gasteiger partial charge on any atom is 0.167 e. The molecule has 74 valence electrons. The lowest BCUT2D eigenvalue weighted by Crippen LogP contribution is -2.23. The van der Waals surface area contributed by atoms with Gasteiger partial charge < -0.3 is 10.5 Å². The van der Waals surface area contributed by atoms with Crippen LogP contribution in [0, 0.1) is 11.3 Å². The van der Waals surface area contributed by atoms with Gasteiger partial charge >= 0.3 is 0 Å². The number of anilines is 1. The number of methoxy groups -OCH3 is 1. The van der Waals surface area contributed by atoms with Gasteiger partial charge in [-0.15, -0.1) is 0 Å². The molecule has 14 heavy (non-hydrogen) atoms. The van der Waals surface area contributed by atoms with Gasteiger partial charge in [-0.3, -0.25) is 4.98 Å². The SMILES string of the molecule is COC(C)(C)c1ncc(N)nc1C#N. The highest BCUT2D eigenvalue weighted by Gasteiger charge is 2.25. The predicted octanol–water partition coefficient (Wildman–Crippen LogP) is 0.812. The molecule has 5 heteroatoms. The van der Waals surface area contributed by atoms with Gasteiger partial charge in [0.25, 0.3) is 0 Å². The van der Waals surface area contributed by atoms with Crippen LogP contribution in [0.5, 0.6) is 0 Å². The Balaban J connectivity index is 3.29. The predicted molar refractivity (Wildman–Crippen MR) is 51.2 cm³/mol. The molecule has 0 aliphatic carbocycles. The molecule has 0 atom stereocenters. The van der Waals surface area contributed by atoms with Gasteiger partial charge in [-0.1, -0.05) is 0 Å². The summed E-state index contributed by atoms with van der Waals surface area (Å²) in [6.45, 7) is 3.63. The quantitative estimate of drug-likeness (QED) is 0.749. The van der Waals surface area contributed by atoms with E-state index in [4.69, 9.17) is 15.7 Å². The van der Waals surface area contributed by atoms with Crippen molar-refractivity contribution in [2.24, 2.45) is 0 Å². The molecule has 0 fully saturated rings. The van der Waals surface area contributed by atoms with E-state index in [0.29, 0.717) is 5.69 Å². The second-order valence-corrected chi connectivity index (χ2v) is 3.32. The first kappa shape index (κ1) is 10.4. The third-order valence-electron chi connectivity index (χ3n) is 1.98. The Bertz CT molecular complexity index is 381. The molecular formula is C9H12N4O. The van der Waals surface area contributed by atoms with E-state index in [1.165, 1.54) is 6.20 Å². The maximum atomic E-state index is 8.84. The van der Waals surface area contributed by atoms with Crippen LogP contribution in [0.3, 0.4) is 0 Å². The van der Waals surface area contributed by atoms with Crippen molar-refractivity contribution >= 4 is 5.82 Å². The lowest BCUT2D eigenvalue weighted by atomic mass is 10.0. The summed E-state index contributed by atoms with van der Waals surface area (Å²) in [5.74, 6) is 0.234. The Morgan fingerprint density at radius 1 is 1.57 bits per heavy atom. The molecule has 0 amide bonds. The molecule has 5 nitrogen and oxygen atoms in total. The number of rotatable bonds is 2. The van der Waals surface area contributed by atoms with Crippen LogP contribution in [0.4, 0.5) is 5.82 Å². The van der Waals surface area contributed by atoms with E-state index >= 15 is 0 Å². The average molecular weight is 192 g/mol. The summed E-state index contributed by atoms with van der Waals surface area (Å²) in [7, 11) is 1.55. The number of nitrogen functional groups attached to an aromatic ring is 1. The van der Waals surface area contributed by atoms with E-state index < -0.39 is 5.60 Å². The molecule has 1 heterocycles. The standard InChI is InChI=1S/C9H12N4O/c1-9(2,14-3)8-6(4-10)13-7(11)5-12-8/h5H,1-3H3,(H2,11,13). The second-order valence-electron chi connectivity index (χ2n) is 3.32. The van der Waals surface area contributed by atoms with Crippen LogP contribution < -0.4 is 5.73 Å². The molecule has 1 aromatic heterocycles. The van der Waals surface area contributed by atoms with Crippen molar-refractivity contribution < 1.29 is 4.74 Å². The third-order valence-corrected chi connectivity index (χ3v) is 1.98. The zero-order chi connectivity index (χ0) is 10.8. The smallest absolute Gasteiger partial charge is 0.167 e. The van der Waals surface area contributed by atoms with Crippen LogP contribution in [-0.2, 0) is 10.3 Å². The summed E-state index contributed by atoms with van der Waals surface area (Å²) in [5, 5.41) is 8.84. The van der Waals surface area contributed by atoms with Crippen molar-refractivity contribution in [3.8, 4) is 6.07 Å². The molecule has 2 N–H and O–H groups in total. The van der Waals surface area contributed by atoms with Gasteiger partial charge in [-0.2, -0.15) is 5.26 Å². The largest absolute Gasteiger partial charge is 0.382 e. The first-order chi connectivity index (χ1) is 6.51. The Morgan fingerprint density at radius 3 is 2.71 bits per heavy atom. The Kier molecular flexibility index (Phi) is 2.68. The van der Waals surface area contributed by atoms with Gasteiger partial charge in [0, 0.05) is 7.11 Å². The van der Waals surface area contributed by atoms with E-state index in [2.05, 4.69) is 9.97 Å². The van der Waals surface area contributed by atoms with Crippen LogP contribution >= 0.6 is 0 Å². The van der Waals surface area contributed by atoms with Gasteiger partial charge in [0.05, 0.1) is 6.20 Å². The number of nitriles is 1. The monoisotopic (exact) mass is 192 g/mol. The van der Waals surface area contributed by atoms with Crippen LogP contribution in [0.15, 0.2) is 6.20 Å². The fraction of sp³-hybridized carbons (Fsp3) is 0.444. The van der Waals surface area contributed by atoms with Crippen molar-refractivity contribution in [3.05, 3.63) is 17.6 Å². The van der Waals surface area contributed by atoms with E-state index in [-0.39, 0.29) is 11.5 Å². The fourth-order valence-electron chi connectivity index (χ4n) is 1.02. The van der Waals surface area contributed by atoms with Crippen LogP contribution in [0.2, 0.25) is 0 Å². The summed E-state index contributed by atoms with van der Waals surface area (Å²) >= 11 is 0. The molecule has 0 unspecified atom stereocenters. The van der Waals surface area contributed by atoms with Crippen molar-refractivity contribution in [1.82, 2.24) is 9.97 Å². The number of aromatic nitrogens is 2. The first-order valence-corrected chi connectivity index (χ1v) is 4.09. The molecule has 0 spiro atoms. The minimum atomic E-state index is -0.633. The molecule has 0 saturated carbocycles. The molecule has 1 rings (SSSR count). The number of hydrogen-bond acceptors (Lipinski definition) is 5. The second kappa shape index (κ2) is 3.60. The van der Waals surface area contributed by atoms with E-state index in [1.807, 2.05) is 19.9 Å². The summed E-state index contributed by atoms with van der Waals surface area (Å²) in [6.07, 6.45) is 1.41. The Labute approximate surface area is 82.5 Å². The lowest BCUT2D eigenvalue weighted by molar-refractivity contribution is 0.0149. The zero-order valence-corrected chi connectivity index (χ0v) is 8.40. The van der Waals surface area contributed by atoms with Crippen LogP contribution in [-0.4, -0.2) is 17.1 Å². The average Bonchev–Trinajstić information content (AvgIpc) is 2.17. The lowest BCUT2D eigenvalue weighted by Gasteiger charge is -2.22. The van der Waals surface area contributed by atoms with E-state index in [1.54, 1.807) is 7.11 Å². The number of nitrogens with zero attached hydrogens (tertiary/aromatic N) is 3. The minimum Gasteiger partial charge on any atom is -0.382 e. The van der Waals surface area contributed by atoms with Crippen molar-refractivity contribution in [2.75, 3.05) is 12.8 Å². The molecule has 0 aliphatic rings. The third kappa shape index (κ3) is 1.80. The zero-order valence-electron chi connectivity index (χ0n) is 8.40. The van der Waals surface area contributed by atoms with Crippen molar-refractivity contribution in [1.29, 1.82) is 5.26 Å². The highest BCUT2D eigenvalue weighted by Crippen LogP contribution is 2.23. The van der Waals surface area contributed by atoms with Crippen LogP contribution in [0.1, 0.15) is 25.2 Å². The summed E-state index contributed by atoms with van der Waals surface area (Å²) in [4.78, 5) is 7.94. The molecule has 0 radical (unpaired) electrons.